The van der Waals surface area contributed by atoms with Crippen LogP contribution in [0.4, 0.5) is 10.1 Å². The lowest BCUT2D eigenvalue weighted by atomic mass is 10.1. The first-order valence-corrected chi connectivity index (χ1v) is 8.88. The molecular formula is C18H22FN5O. The van der Waals surface area contributed by atoms with Crippen LogP contribution in [-0.2, 0) is 24.4 Å². The Morgan fingerprint density at radius 1 is 1.32 bits per heavy atom. The van der Waals surface area contributed by atoms with Crippen molar-refractivity contribution < 1.29 is 9.18 Å². The number of hydrogen-bond acceptors (Lipinski definition) is 4. The average Bonchev–Trinajstić information content (AvgIpc) is 3.29. The number of nitrogens with zero attached hydrogens (tertiary/aromatic N) is 4. The van der Waals surface area contributed by atoms with Crippen molar-refractivity contribution in [2.75, 3.05) is 11.4 Å². The van der Waals surface area contributed by atoms with Crippen molar-refractivity contribution in [2.45, 2.75) is 45.3 Å². The first-order valence-electron chi connectivity index (χ1n) is 8.88. The number of rotatable bonds is 4. The Kier molecular flexibility index (Phi) is 4.38. The van der Waals surface area contributed by atoms with Gasteiger partial charge in [0.05, 0.1) is 42.9 Å². The van der Waals surface area contributed by atoms with Crippen LogP contribution in [-0.4, -0.2) is 27.2 Å². The molecule has 7 heteroatoms. The van der Waals surface area contributed by atoms with Crippen LogP contribution in [0.15, 0.2) is 24.5 Å². The molecule has 132 valence electrons. The molecule has 0 spiro atoms. The van der Waals surface area contributed by atoms with E-state index in [1.807, 2.05) is 15.6 Å². The van der Waals surface area contributed by atoms with Crippen LogP contribution in [0.25, 0.3) is 0 Å². The van der Waals surface area contributed by atoms with Crippen molar-refractivity contribution in [3.05, 3.63) is 41.7 Å². The maximum Gasteiger partial charge on any atom is 0.223 e. The second-order valence-corrected chi connectivity index (χ2v) is 6.80. The number of pyridine rings is 1. The SMILES string of the molecule is O=C(NCc1cc2n(n1)CCN(c1ccncc1F)C2)C1CCCC1. The van der Waals surface area contributed by atoms with Gasteiger partial charge in [0.1, 0.15) is 0 Å². The minimum atomic E-state index is -0.306. The van der Waals surface area contributed by atoms with Gasteiger partial charge in [0.25, 0.3) is 0 Å². The van der Waals surface area contributed by atoms with Gasteiger partial charge in [0, 0.05) is 18.7 Å². The summed E-state index contributed by atoms with van der Waals surface area (Å²) in [5, 5.41) is 7.57. The van der Waals surface area contributed by atoms with Crippen LogP contribution in [0.2, 0.25) is 0 Å². The molecule has 2 aromatic heterocycles. The molecule has 2 aliphatic rings. The summed E-state index contributed by atoms with van der Waals surface area (Å²) in [6, 6.07) is 3.70. The van der Waals surface area contributed by atoms with E-state index in [2.05, 4.69) is 15.4 Å². The molecule has 2 aromatic rings. The predicted octanol–water partition coefficient (Wildman–Crippen LogP) is 2.24. The number of carbonyl (C=O) groups excluding carboxylic acids is 1. The lowest BCUT2D eigenvalue weighted by molar-refractivity contribution is -0.124. The molecular weight excluding hydrogens is 321 g/mol. The summed E-state index contributed by atoms with van der Waals surface area (Å²) in [5.41, 5.74) is 2.46. The largest absolute Gasteiger partial charge is 0.361 e. The van der Waals surface area contributed by atoms with Gasteiger partial charge in [-0.05, 0) is 25.0 Å². The Morgan fingerprint density at radius 3 is 2.96 bits per heavy atom. The first kappa shape index (κ1) is 16.1. The van der Waals surface area contributed by atoms with Gasteiger partial charge in [-0.3, -0.25) is 14.5 Å². The van der Waals surface area contributed by atoms with Gasteiger partial charge >= 0.3 is 0 Å². The maximum atomic E-state index is 13.9. The molecule has 0 aromatic carbocycles. The third-order valence-corrected chi connectivity index (χ3v) is 5.11. The van der Waals surface area contributed by atoms with Gasteiger partial charge in [0.2, 0.25) is 5.91 Å². The lowest BCUT2D eigenvalue weighted by Gasteiger charge is -2.29. The highest BCUT2D eigenvalue weighted by Crippen LogP contribution is 2.25. The highest BCUT2D eigenvalue weighted by Gasteiger charge is 2.24. The molecule has 0 unspecified atom stereocenters. The second kappa shape index (κ2) is 6.82. The first-order chi connectivity index (χ1) is 12.2. The van der Waals surface area contributed by atoms with Gasteiger partial charge in [0.15, 0.2) is 5.82 Å². The van der Waals surface area contributed by atoms with Crippen molar-refractivity contribution in [3.63, 3.8) is 0 Å². The van der Waals surface area contributed by atoms with E-state index in [1.54, 1.807) is 12.3 Å². The average molecular weight is 343 g/mol. The molecule has 1 amide bonds. The minimum Gasteiger partial charge on any atom is -0.361 e. The predicted molar refractivity (Wildman–Crippen MR) is 91.3 cm³/mol. The zero-order chi connectivity index (χ0) is 17.2. The summed E-state index contributed by atoms with van der Waals surface area (Å²) in [7, 11) is 0. The monoisotopic (exact) mass is 343 g/mol. The zero-order valence-corrected chi connectivity index (χ0v) is 14.1. The summed E-state index contributed by atoms with van der Waals surface area (Å²) in [6.45, 7) is 2.46. The van der Waals surface area contributed by atoms with E-state index in [0.717, 1.165) is 37.1 Å². The van der Waals surface area contributed by atoms with Crippen LogP contribution in [0.5, 0.6) is 0 Å². The van der Waals surface area contributed by atoms with E-state index in [4.69, 9.17) is 0 Å². The van der Waals surface area contributed by atoms with Crippen molar-refractivity contribution in [2.24, 2.45) is 5.92 Å². The van der Waals surface area contributed by atoms with Gasteiger partial charge in [-0.25, -0.2) is 4.39 Å². The van der Waals surface area contributed by atoms with Crippen LogP contribution >= 0.6 is 0 Å². The fourth-order valence-corrected chi connectivity index (χ4v) is 3.75. The van der Waals surface area contributed by atoms with E-state index in [0.29, 0.717) is 31.9 Å². The fourth-order valence-electron chi connectivity index (χ4n) is 3.75. The number of fused-ring (bicyclic) bond motifs is 1. The maximum absolute atomic E-state index is 13.9. The molecule has 1 saturated carbocycles. The quantitative estimate of drug-likeness (QED) is 0.925. The number of carbonyl (C=O) groups is 1. The lowest BCUT2D eigenvalue weighted by Crippen LogP contribution is -2.34. The van der Waals surface area contributed by atoms with Crippen LogP contribution in [0.3, 0.4) is 0 Å². The van der Waals surface area contributed by atoms with Crippen molar-refractivity contribution >= 4 is 11.6 Å². The summed E-state index contributed by atoms with van der Waals surface area (Å²) in [6.07, 6.45) is 7.14. The second-order valence-electron chi connectivity index (χ2n) is 6.80. The molecule has 0 bridgehead atoms. The van der Waals surface area contributed by atoms with Gasteiger partial charge in [-0.2, -0.15) is 5.10 Å². The van der Waals surface area contributed by atoms with Gasteiger partial charge < -0.3 is 10.2 Å². The molecule has 1 aliphatic heterocycles. The van der Waals surface area contributed by atoms with Gasteiger partial charge in [-0.15, -0.1) is 0 Å². The Morgan fingerprint density at radius 2 is 2.16 bits per heavy atom. The summed E-state index contributed by atoms with van der Waals surface area (Å²) in [5.74, 6) is 0.00543. The third kappa shape index (κ3) is 3.36. The molecule has 6 nitrogen and oxygen atoms in total. The number of anilines is 1. The van der Waals surface area contributed by atoms with Crippen LogP contribution in [0.1, 0.15) is 37.1 Å². The normalized spacial score (nSPS) is 17.6. The molecule has 4 rings (SSSR count). The molecule has 1 N–H and O–H groups in total. The minimum absolute atomic E-state index is 0.143. The highest BCUT2D eigenvalue weighted by atomic mass is 19.1. The van der Waals surface area contributed by atoms with Crippen molar-refractivity contribution in [1.29, 1.82) is 0 Å². The molecule has 0 atom stereocenters. The van der Waals surface area contributed by atoms with E-state index in [-0.39, 0.29) is 17.6 Å². The summed E-state index contributed by atoms with van der Waals surface area (Å²) in [4.78, 5) is 17.9. The number of halogens is 1. The molecule has 3 heterocycles. The zero-order valence-electron chi connectivity index (χ0n) is 14.1. The third-order valence-electron chi connectivity index (χ3n) is 5.11. The van der Waals surface area contributed by atoms with E-state index in [1.165, 1.54) is 6.20 Å². The number of aromatic nitrogens is 3. The number of amides is 1. The Bertz CT molecular complexity index is 769. The molecule has 25 heavy (non-hydrogen) atoms. The van der Waals surface area contributed by atoms with E-state index < -0.39 is 0 Å². The van der Waals surface area contributed by atoms with Crippen LogP contribution in [0, 0.1) is 11.7 Å². The fraction of sp³-hybridized carbons (Fsp3) is 0.500. The van der Waals surface area contributed by atoms with Crippen molar-refractivity contribution in [1.82, 2.24) is 20.1 Å². The Balaban J connectivity index is 1.40. The highest BCUT2D eigenvalue weighted by molar-refractivity contribution is 5.78. The van der Waals surface area contributed by atoms with Crippen LogP contribution < -0.4 is 10.2 Å². The van der Waals surface area contributed by atoms with E-state index in [9.17, 15) is 9.18 Å². The summed E-state index contributed by atoms with van der Waals surface area (Å²) < 4.78 is 15.9. The topological polar surface area (TPSA) is 63.1 Å². The Labute approximate surface area is 146 Å². The van der Waals surface area contributed by atoms with E-state index >= 15 is 0 Å². The molecule has 0 saturated heterocycles. The number of hydrogen-bond donors (Lipinski definition) is 1. The smallest absolute Gasteiger partial charge is 0.223 e. The molecule has 1 fully saturated rings. The van der Waals surface area contributed by atoms with Crippen molar-refractivity contribution in [3.8, 4) is 0 Å². The summed E-state index contributed by atoms with van der Waals surface area (Å²) >= 11 is 0. The Hall–Kier alpha value is -2.44. The molecule has 1 aliphatic carbocycles. The van der Waals surface area contributed by atoms with Gasteiger partial charge in [-0.1, -0.05) is 12.8 Å². The molecule has 0 radical (unpaired) electrons. The number of nitrogens with one attached hydrogen (secondary N) is 1. The standard InChI is InChI=1S/C18H22FN5O/c19-16-11-20-6-5-17(16)23-7-8-24-15(12-23)9-14(22-24)10-21-18(25)13-3-1-2-4-13/h5-6,9,11,13H,1-4,7-8,10,12H2,(H,21,25).